The van der Waals surface area contributed by atoms with Crippen LogP contribution in [-0.2, 0) is 0 Å². The van der Waals surface area contributed by atoms with Gasteiger partial charge in [-0.05, 0) is 23.4 Å². The van der Waals surface area contributed by atoms with Gasteiger partial charge >= 0.3 is 0 Å². The number of fused-ring (bicyclic) bond motifs is 1. The zero-order valence-corrected chi connectivity index (χ0v) is 12.1. The first-order valence-electron chi connectivity index (χ1n) is 6.61. The molecule has 2 aromatic rings. The molecule has 22 heavy (non-hydrogen) atoms. The van der Waals surface area contributed by atoms with Gasteiger partial charge < -0.3 is 19.0 Å². The van der Waals surface area contributed by atoms with E-state index in [0.717, 1.165) is 5.75 Å². The van der Waals surface area contributed by atoms with Gasteiger partial charge in [0.05, 0.1) is 19.6 Å². The largest absolute Gasteiger partial charge is 0.508 e. The third-order valence-corrected chi connectivity index (χ3v) is 3.46. The van der Waals surface area contributed by atoms with Crippen molar-refractivity contribution in [3.8, 4) is 17.2 Å². The van der Waals surface area contributed by atoms with Crippen molar-refractivity contribution in [3.63, 3.8) is 0 Å². The molecule has 1 N–H and O–H groups in total. The van der Waals surface area contributed by atoms with E-state index < -0.39 is 0 Å². The molecule has 2 aliphatic carbocycles. The van der Waals surface area contributed by atoms with E-state index in [2.05, 4.69) is 12.1 Å². The number of ether oxygens (including phenoxy) is 2. The predicted molar refractivity (Wildman–Crippen MR) is 81.4 cm³/mol. The highest BCUT2D eigenvalue weighted by molar-refractivity contribution is 5.78. The van der Waals surface area contributed by atoms with Crippen molar-refractivity contribution in [2.24, 2.45) is 0 Å². The summed E-state index contributed by atoms with van der Waals surface area (Å²) in [5, 5.41) is 12.2. The average Bonchev–Trinajstić information content (AvgIpc) is 2.51. The van der Waals surface area contributed by atoms with Gasteiger partial charge in [-0.25, -0.2) is 0 Å². The summed E-state index contributed by atoms with van der Waals surface area (Å²) < 4.78 is 14.9. The van der Waals surface area contributed by atoms with Crippen LogP contribution < -0.4 is 14.9 Å². The first-order chi connectivity index (χ1) is 10.6. The molecule has 0 amide bonds. The van der Waals surface area contributed by atoms with Crippen molar-refractivity contribution in [1.29, 1.82) is 0 Å². The van der Waals surface area contributed by atoms with Crippen molar-refractivity contribution >= 4 is 11.0 Å². The number of methoxy groups -OCH3 is 2. The summed E-state index contributed by atoms with van der Waals surface area (Å²) in [4.78, 5) is 11.6. The van der Waals surface area contributed by atoms with Crippen LogP contribution in [0.4, 0.5) is 0 Å². The molecule has 0 atom stereocenters. The maximum absolute atomic E-state index is 11.6. The lowest BCUT2D eigenvalue weighted by Crippen LogP contribution is -2.04. The number of rotatable bonds is 2. The second-order valence-electron chi connectivity index (χ2n) is 4.73. The van der Waals surface area contributed by atoms with Crippen LogP contribution in [0.15, 0.2) is 51.9 Å². The van der Waals surface area contributed by atoms with Gasteiger partial charge in [-0.3, -0.25) is 4.79 Å². The Kier molecular flexibility index (Phi) is 3.47. The van der Waals surface area contributed by atoms with Crippen LogP contribution in [0.3, 0.4) is 0 Å². The maximum Gasteiger partial charge on any atom is 0.234 e. The molecule has 0 saturated heterocycles. The van der Waals surface area contributed by atoms with E-state index in [4.69, 9.17) is 19.0 Å². The molecule has 0 fully saturated rings. The average molecular weight is 298 g/mol. The molecule has 1 aromatic heterocycles. The van der Waals surface area contributed by atoms with Crippen molar-refractivity contribution in [1.82, 2.24) is 0 Å². The normalized spacial score (nSPS) is 10.6. The second-order valence-corrected chi connectivity index (χ2v) is 4.73. The van der Waals surface area contributed by atoms with E-state index in [0.29, 0.717) is 11.0 Å². The Hall–Kier alpha value is -2.95. The zero-order valence-electron chi connectivity index (χ0n) is 12.1. The Morgan fingerprint density at radius 3 is 2.27 bits per heavy atom. The Balaban J connectivity index is 0.000000151. The summed E-state index contributed by atoms with van der Waals surface area (Å²) in [7, 11) is 3.10. The van der Waals surface area contributed by atoms with Crippen LogP contribution in [-0.4, -0.2) is 19.3 Å². The monoisotopic (exact) mass is 298 g/mol. The van der Waals surface area contributed by atoms with Gasteiger partial charge in [0, 0.05) is 11.3 Å². The number of phenolic OH excluding ortho intramolecular Hbond substituents is 1. The fourth-order valence-electron chi connectivity index (χ4n) is 2.16. The standard InChI is InChI=1S/C10H8O4.C7H6O/c1-13-9-5-14-8-4-6(11)2-3-7(8)10(9)12;1-8-7-4-5-2-3-6(5)7/h2-5,11H,1H3;2-4H,1H3. The molecule has 1 heterocycles. The third kappa shape index (κ3) is 2.26. The van der Waals surface area contributed by atoms with Gasteiger partial charge in [0.25, 0.3) is 0 Å². The van der Waals surface area contributed by atoms with Crippen LogP contribution in [0.25, 0.3) is 11.0 Å². The molecule has 1 aromatic carbocycles. The third-order valence-electron chi connectivity index (χ3n) is 3.46. The van der Waals surface area contributed by atoms with Gasteiger partial charge in [-0.15, -0.1) is 0 Å². The Morgan fingerprint density at radius 1 is 1.00 bits per heavy atom. The summed E-state index contributed by atoms with van der Waals surface area (Å²) in [6, 6.07) is 10.5. The van der Waals surface area contributed by atoms with Crippen LogP contribution in [0.2, 0.25) is 0 Å². The maximum atomic E-state index is 11.6. The van der Waals surface area contributed by atoms with E-state index in [1.807, 2.05) is 6.07 Å². The smallest absolute Gasteiger partial charge is 0.234 e. The zero-order chi connectivity index (χ0) is 15.7. The minimum Gasteiger partial charge on any atom is -0.508 e. The molecular weight excluding hydrogens is 284 g/mol. The number of hydrogen-bond acceptors (Lipinski definition) is 5. The molecule has 112 valence electrons. The van der Waals surface area contributed by atoms with Gasteiger partial charge in [-0.2, -0.15) is 0 Å². The molecule has 0 aliphatic heterocycles. The first-order valence-corrected chi connectivity index (χ1v) is 6.61. The number of hydrogen-bond donors (Lipinski definition) is 1. The minimum absolute atomic E-state index is 0.0609. The van der Waals surface area contributed by atoms with Crippen LogP contribution in [0.1, 0.15) is 0 Å². The highest BCUT2D eigenvalue weighted by atomic mass is 16.5. The van der Waals surface area contributed by atoms with Gasteiger partial charge in [0.2, 0.25) is 11.2 Å². The lowest BCUT2D eigenvalue weighted by atomic mass is 10.1. The molecule has 5 heteroatoms. The Bertz CT molecular complexity index is 988. The number of phenols is 1. The van der Waals surface area contributed by atoms with Gasteiger partial charge in [0.15, 0.2) is 0 Å². The SMILES string of the molecule is COc1cc2ccc1=2.COc1coc2cc(O)ccc2c1=O. The molecular formula is C17H14O5. The summed E-state index contributed by atoms with van der Waals surface area (Å²) in [5.74, 6) is 1.25. The van der Waals surface area contributed by atoms with Crippen molar-refractivity contribution < 1.29 is 19.0 Å². The lowest BCUT2D eigenvalue weighted by Gasteiger charge is -2.08. The molecule has 0 spiro atoms. The number of benzene rings is 2. The highest BCUT2D eigenvalue weighted by Crippen LogP contribution is 2.22. The minimum atomic E-state index is -0.242. The van der Waals surface area contributed by atoms with E-state index in [1.54, 1.807) is 7.11 Å². The molecule has 4 rings (SSSR count). The lowest BCUT2D eigenvalue weighted by molar-refractivity contribution is 0.393. The summed E-state index contributed by atoms with van der Waals surface area (Å²) in [6.45, 7) is 0. The van der Waals surface area contributed by atoms with Crippen LogP contribution in [0.5, 0.6) is 17.2 Å². The molecule has 0 bridgehead atoms. The van der Waals surface area contributed by atoms with Gasteiger partial charge in [0.1, 0.15) is 23.3 Å². The molecule has 0 unspecified atom stereocenters. The van der Waals surface area contributed by atoms with Crippen molar-refractivity contribution in [2.45, 2.75) is 0 Å². The quantitative estimate of drug-likeness (QED) is 0.616. The van der Waals surface area contributed by atoms with Crippen LogP contribution >= 0.6 is 0 Å². The summed E-state index contributed by atoms with van der Waals surface area (Å²) >= 11 is 0. The fraction of sp³-hybridized carbons (Fsp3) is 0.118. The molecule has 2 aliphatic rings. The molecule has 0 saturated carbocycles. The topological polar surface area (TPSA) is 68.9 Å². The van der Waals surface area contributed by atoms with E-state index in [9.17, 15) is 4.79 Å². The van der Waals surface area contributed by atoms with E-state index in [-0.39, 0.29) is 16.9 Å². The summed E-state index contributed by atoms with van der Waals surface area (Å²) in [6.07, 6.45) is 1.23. The Labute approximate surface area is 125 Å². The van der Waals surface area contributed by atoms with E-state index >= 15 is 0 Å². The van der Waals surface area contributed by atoms with Crippen LogP contribution in [0, 0.1) is 10.4 Å². The highest BCUT2D eigenvalue weighted by Gasteiger charge is 2.06. The van der Waals surface area contributed by atoms with E-state index in [1.165, 1.54) is 42.0 Å². The first kappa shape index (κ1) is 14.0. The van der Waals surface area contributed by atoms with Gasteiger partial charge in [-0.1, -0.05) is 12.1 Å². The van der Waals surface area contributed by atoms with Crippen molar-refractivity contribution in [2.75, 3.05) is 14.2 Å². The number of aromatic hydroxyl groups is 1. The fourth-order valence-corrected chi connectivity index (χ4v) is 2.16. The molecule has 0 radical (unpaired) electrons. The summed E-state index contributed by atoms with van der Waals surface area (Å²) in [5.41, 5.74) is 0.101. The molecule has 5 nitrogen and oxygen atoms in total. The van der Waals surface area contributed by atoms with Crippen molar-refractivity contribution in [3.05, 3.63) is 63.3 Å². The second kappa shape index (κ2) is 5.44. The Morgan fingerprint density at radius 2 is 1.77 bits per heavy atom. The predicted octanol–water partition coefficient (Wildman–Crippen LogP) is 2.80.